The molecular formula is C11H20N4O. The van der Waals surface area contributed by atoms with Gasteiger partial charge in [-0.05, 0) is 12.8 Å². The highest BCUT2D eigenvalue weighted by molar-refractivity contribution is 5.74. The summed E-state index contributed by atoms with van der Waals surface area (Å²) in [7, 11) is 0. The Kier molecular flexibility index (Phi) is 5.53. The molecular weight excluding hydrogens is 204 g/mol. The lowest BCUT2D eigenvalue weighted by Gasteiger charge is -2.20. The fourth-order valence-corrected chi connectivity index (χ4v) is 1.44. The average Bonchev–Trinajstić information content (AvgIpc) is 2.82. The molecule has 0 atom stereocenters. The second-order valence-electron chi connectivity index (χ2n) is 3.80. The molecule has 0 aliphatic rings. The first kappa shape index (κ1) is 12.7. The van der Waals surface area contributed by atoms with Gasteiger partial charge >= 0.3 is 6.03 Å². The van der Waals surface area contributed by atoms with E-state index < -0.39 is 0 Å². The number of rotatable bonds is 6. The van der Waals surface area contributed by atoms with Gasteiger partial charge in [0.2, 0.25) is 0 Å². The Hall–Kier alpha value is -1.39. The molecule has 1 heterocycles. The van der Waals surface area contributed by atoms with Crippen molar-refractivity contribution >= 4 is 6.03 Å². The zero-order chi connectivity index (χ0) is 11.8. The predicted octanol–water partition coefficient (Wildman–Crippen LogP) is 2.15. The summed E-state index contributed by atoms with van der Waals surface area (Å²) in [5, 5.41) is 7.74. The van der Waals surface area contributed by atoms with E-state index in [4.69, 9.17) is 0 Å². The predicted molar refractivity (Wildman–Crippen MR) is 62.2 cm³/mol. The zero-order valence-corrected chi connectivity index (χ0v) is 10.1. The van der Waals surface area contributed by atoms with Crippen molar-refractivity contribution in [2.45, 2.75) is 39.5 Å². The van der Waals surface area contributed by atoms with Gasteiger partial charge in [0.25, 0.3) is 0 Å². The summed E-state index contributed by atoms with van der Waals surface area (Å²) >= 11 is 0. The van der Waals surface area contributed by atoms with Crippen LogP contribution in [0.4, 0.5) is 4.79 Å². The van der Waals surface area contributed by atoms with Crippen molar-refractivity contribution in [2.75, 3.05) is 13.1 Å². The summed E-state index contributed by atoms with van der Waals surface area (Å²) in [5.74, 6) is 0. The van der Waals surface area contributed by atoms with Crippen LogP contribution in [0.15, 0.2) is 12.4 Å². The number of nitrogens with zero attached hydrogens (tertiary/aromatic N) is 4. The first-order valence-corrected chi connectivity index (χ1v) is 5.95. The Morgan fingerprint density at radius 3 is 2.06 bits per heavy atom. The molecule has 16 heavy (non-hydrogen) atoms. The van der Waals surface area contributed by atoms with E-state index in [1.165, 1.54) is 12.4 Å². The Labute approximate surface area is 96.4 Å². The van der Waals surface area contributed by atoms with Crippen LogP contribution in [0.3, 0.4) is 0 Å². The number of carbonyl (C=O) groups is 1. The van der Waals surface area contributed by atoms with Crippen LogP contribution in [0.2, 0.25) is 0 Å². The van der Waals surface area contributed by atoms with Gasteiger partial charge < -0.3 is 4.90 Å². The van der Waals surface area contributed by atoms with Crippen LogP contribution in [0.1, 0.15) is 39.5 Å². The zero-order valence-electron chi connectivity index (χ0n) is 10.1. The van der Waals surface area contributed by atoms with E-state index in [1.807, 2.05) is 4.90 Å². The summed E-state index contributed by atoms with van der Waals surface area (Å²) in [6.07, 6.45) is 7.27. The molecule has 0 radical (unpaired) electrons. The standard InChI is InChI=1S/C11H20N4O/c1-3-5-9-14(10-6-4-2)11(16)15-12-7-8-13-15/h7-8H,3-6,9-10H2,1-2H3. The van der Waals surface area contributed by atoms with Gasteiger partial charge in [-0.1, -0.05) is 31.5 Å². The van der Waals surface area contributed by atoms with Crippen molar-refractivity contribution in [2.24, 2.45) is 0 Å². The highest BCUT2D eigenvalue weighted by Gasteiger charge is 2.15. The minimum atomic E-state index is -0.119. The molecule has 0 aliphatic heterocycles. The summed E-state index contributed by atoms with van der Waals surface area (Å²) < 4.78 is 0. The van der Waals surface area contributed by atoms with E-state index in [0.717, 1.165) is 43.6 Å². The van der Waals surface area contributed by atoms with Crippen LogP contribution < -0.4 is 0 Å². The van der Waals surface area contributed by atoms with Crippen LogP contribution in [-0.4, -0.2) is 39.0 Å². The first-order valence-electron chi connectivity index (χ1n) is 5.95. The number of aromatic nitrogens is 3. The van der Waals surface area contributed by atoms with Crippen LogP contribution >= 0.6 is 0 Å². The van der Waals surface area contributed by atoms with Gasteiger partial charge in [-0.15, -0.1) is 0 Å². The molecule has 90 valence electrons. The van der Waals surface area contributed by atoms with Gasteiger partial charge in [0.15, 0.2) is 0 Å². The third kappa shape index (κ3) is 3.64. The maximum atomic E-state index is 12.0. The van der Waals surface area contributed by atoms with Gasteiger partial charge in [0.1, 0.15) is 0 Å². The molecule has 1 aromatic rings. The minimum absolute atomic E-state index is 0.119. The van der Waals surface area contributed by atoms with Crippen molar-refractivity contribution in [3.05, 3.63) is 12.4 Å². The molecule has 1 amide bonds. The molecule has 1 rings (SSSR count). The van der Waals surface area contributed by atoms with E-state index in [-0.39, 0.29) is 6.03 Å². The van der Waals surface area contributed by atoms with Gasteiger partial charge in [-0.2, -0.15) is 10.2 Å². The number of hydrogen-bond donors (Lipinski definition) is 0. The smallest absolute Gasteiger partial charge is 0.322 e. The number of amides is 1. The molecule has 0 spiro atoms. The van der Waals surface area contributed by atoms with Gasteiger partial charge in [0.05, 0.1) is 12.4 Å². The lowest BCUT2D eigenvalue weighted by molar-refractivity contribution is 0.190. The van der Waals surface area contributed by atoms with Crippen LogP contribution in [0.5, 0.6) is 0 Å². The minimum Gasteiger partial charge on any atom is -0.322 e. The van der Waals surface area contributed by atoms with E-state index in [2.05, 4.69) is 24.0 Å². The van der Waals surface area contributed by atoms with Crippen molar-refractivity contribution in [3.8, 4) is 0 Å². The molecule has 5 nitrogen and oxygen atoms in total. The van der Waals surface area contributed by atoms with E-state index >= 15 is 0 Å². The normalized spacial score (nSPS) is 10.4. The molecule has 0 N–H and O–H groups in total. The fourth-order valence-electron chi connectivity index (χ4n) is 1.44. The summed E-state index contributed by atoms with van der Waals surface area (Å²) in [4.78, 5) is 15.0. The van der Waals surface area contributed by atoms with Crippen LogP contribution in [0.25, 0.3) is 0 Å². The van der Waals surface area contributed by atoms with E-state index in [0.29, 0.717) is 0 Å². The highest BCUT2D eigenvalue weighted by Crippen LogP contribution is 2.01. The number of carbonyl (C=O) groups excluding carboxylic acids is 1. The fraction of sp³-hybridized carbons (Fsp3) is 0.727. The average molecular weight is 224 g/mol. The Morgan fingerprint density at radius 1 is 1.12 bits per heavy atom. The largest absolute Gasteiger partial charge is 0.362 e. The Balaban J connectivity index is 2.56. The lowest BCUT2D eigenvalue weighted by Crippen LogP contribution is -2.37. The number of unbranched alkanes of at least 4 members (excludes halogenated alkanes) is 2. The second kappa shape index (κ2) is 6.98. The summed E-state index contributed by atoms with van der Waals surface area (Å²) in [6, 6.07) is -0.119. The molecule has 0 saturated carbocycles. The van der Waals surface area contributed by atoms with Crippen LogP contribution in [-0.2, 0) is 0 Å². The molecule has 0 unspecified atom stereocenters. The van der Waals surface area contributed by atoms with Crippen LogP contribution in [0, 0.1) is 0 Å². The first-order chi connectivity index (χ1) is 7.79. The molecule has 0 bridgehead atoms. The lowest BCUT2D eigenvalue weighted by atomic mass is 10.3. The maximum Gasteiger partial charge on any atom is 0.362 e. The topological polar surface area (TPSA) is 51.0 Å². The number of hydrogen-bond acceptors (Lipinski definition) is 3. The summed E-state index contributed by atoms with van der Waals surface area (Å²) in [5.41, 5.74) is 0. The SMILES string of the molecule is CCCCN(CCCC)C(=O)n1nccn1. The second-order valence-corrected chi connectivity index (χ2v) is 3.80. The molecule has 0 saturated heterocycles. The Bertz CT molecular complexity index is 289. The molecule has 0 fully saturated rings. The molecule has 0 aliphatic carbocycles. The van der Waals surface area contributed by atoms with Gasteiger partial charge in [-0.3, -0.25) is 0 Å². The quantitative estimate of drug-likeness (QED) is 0.744. The van der Waals surface area contributed by atoms with E-state index in [9.17, 15) is 4.79 Å². The molecule has 0 aromatic carbocycles. The van der Waals surface area contributed by atoms with Crippen molar-refractivity contribution in [1.82, 2.24) is 19.9 Å². The van der Waals surface area contributed by atoms with Crippen molar-refractivity contribution in [3.63, 3.8) is 0 Å². The van der Waals surface area contributed by atoms with Gasteiger partial charge in [0, 0.05) is 13.1 Å². The highest BCUT2D eigenvalue weighted by atomic mass is 16.2. The Morgan fingerprint density at radius 2 is 1.62 bits per heavy atom. The van der Waals surface area contributed by atoms with Crippen molar-refractivity contribution in [1.29, 1.82) is 0 Å². The van der Waals surface area contributed by atoms with E-state index in [1.54, 1.807) is 0 Å². The van der Waals surface area contributed by atoms with Crippen molar-refractivity contribution < 1.29 is 4.79 Å². The summed E-state index contributed by atoms with van der Waals surface area (Å²) in [6.45, 7) is 5.82. The van der Waals surface area contributed by atoms with Gasteiger partial charge in [-0.25, -0.2) is 4.79 Å². The molecule has 1 aromatic heterocycles. The molecule has 5 heteroatoms. The maximum absolute atomic E-state index is 12.0. The third-order valence-corrected chi connectivity index (χ3v) is 2.42. The third-order valence-electron chi connectivity index (χ3n) is 2.42. The monoisotopic (exact) mass is 224 g/mol.